The molecule has 1 aromatic heterocycles. The fourth-order valence-corrected chi connectivity index (χ4v) is 2.83. The lowest BCUT2D eigenvalue weighted by atomic mass is 9.98. The van der Waals surface area contributed by atoms with Gasteiger partial charge in [0.1, 0.15) is 11.3 Å². The number of benzene rings is 2. The van der Waals surface area contributed by atoms with Crippen LogP contribution < -0.4 is 4.74 Å². The van der Waals surface area contributed by atoms with Crippen LogP contribution in [0.4, 0.5) is 0 Å². The lowest BCUT2D eigenvalue weighted by molar-refractivity contribution is -0.129. The topological polar surface area (TPSA) is 62.9 Å². The first-order valence-corrected chi connectivity index (χ1v) is 8.02. The monoisotopic (exact) mass is 339 g/mol. The van der Waals surface area contributed by atoms with Gasteiger partial charge in [-0.15, -0.1) is 0 Å². The van der Waals surface area contributed by atoms with Crippen molar-refractivity contribution in [2.24, 2.45) is 0 Å². The maximum atomic E-state index is 12.2. The van der Waals surface area contributed by atoms with E-state index >= 15 is 0 Å². The van der Waals surface area contributed by atoms with Crippen LogP contribution in [-0.2, 0) is 4.79 Å². The summed E-state index contributed by atoms with van der Waals surface area (Å²) < 4.78 is 11.1. The average Bonchev–Trinajstić information content (AvgIpc) is 3.03. The molecule has 0 fully saturated rings. The third-order valence-electron chi connectivity index (χ3n) is 4.32. The number of furan rings is 1. The Bertz CT molecular complexity index is 927. The molecule has 1 heterocycles. The van der Waals surface area contributed by atoms with Gasteiger partial charge in [0.25, 0.3) is 0 Å². The number of likely N-dealkylation sites (N-methyl/N-ethyl adjacent to an activating group) is 1. The summed E-state index contributed by atoms with van der Waals surface area (Å²) in [5.41, 5.74) is 2.50. The van der Waals surface area contributed by atoms with Gasteiger partial charge < -0.3 is 19.2 Å². The van der Waals surface area contributed by atoms with Gasteiger partial charge in [-0.1, -0.05) is 6.07 Å². The molecule has 1 atom stereocenters. The standard InChI is InChI=1S/C20H21NO4/c1-12(20(23)21(2)3)13-6-8-17-15(9-13)11-18(25-17)14-5-7-16(22)19(10-14)24-4/h5-12,22H,1-4H3. The Kier molecular flexibility index (Phi) is 4.40. The smallest absolute Gasteiger partial charge is 0.229 e. The highest BCUT2D eigenvalue weighted by molar-refractivity contribution is 5.87. The normalized spacial score (nSPS) is 12.2. The number of ether oxygens (including phenoxy) is 1. The molecule has 0 spiro atoms. The summed E-state index contributed by atoms with van der Waals surface area (Å²) >= 11 is 0. The highest BCUT2D eigenvalue weighted by atomic mass is 16.5. The van der Waals surface area contributed by atoms with E-state index in [1.807, 2.05) is 31.2 Å². The van der Waals surface area contributed by atoms with Gasteiger partial charge in [-0.05, 0) is 48.9 Å². The maximum absolute atomic E-state index is 12.2. The Morgan fingerprint density at radius 1 is 1.16 bits per heavy atom. The molecule has 0 saturated heterocycles. The van der Waals surface area contributed by atoms with E-state index in [-0.39, 0.29) is 17.6 Å². The number of hydrogen-bond donors (Lipinski definition) is 1. The lowest BCUT2D eigenvalue weighted by Crippen LogP contribution is -2.26. The molecule has 1 unspecified atom stereocenters. The first-order chi connectivity index (χ1) is 11.9. The number of methoxy groups -OCH3 is 1. The molecule has 0 aliphatic carbocycles. The van der Waals surface area contributed by atoms with Gasteiger partial charge in [-0.3, -0.25) is 4.79 Å². The van der Waals surface area contributed by atoms with Crippen LogP contribution in [0.25, 0.3) is 22.3 Å². The molecule has 3 aromatic rings. The number of nitrogens with zero attached hydrogens (tertiary/aromatic N) is 1. The van der Waals surface area contributed by atoms with Crippen molar-refractivity contribution in [1.82, 2.24) is 4.90 Å². The van der Waals surface area contributed by atoms with Crippen LogP contribution in [0.2, 0.25) is 0 Å². The highest BCUT2D eigenvalue weighted by Crippen LogP contribution is 2.35. The number of amides is 1. The summed E-state index contributed by atoms with van der Waals surface area (Å²) in [5, 5.41) is 10.7. The molecular weight excluding hydrogens is 318 g/mol. The van der Waals surface area contributed by atoms with E-state index in [1.165, 1.54) is 7.11 Å². The molecule has 0 saturated carbocycles. The zero-order chi connectivity index (χ0) is 18.1. The minimum absolute atomic E-state index is 0.0614. The summed E-state index contributed by atoms with van der Waals surface area (Å²) in [6, 6.07) is 12.8. The highest BCUT2D eigenvalue weighted by Gasteiger charge is 2.18. The molecule has 5 heteroatoms. The van der Waals surface area contributed by atoms with Crippen LogP contribution in [0.3, 0.4) is 0 Å². The van der Waals surface area contributed by atoms with E-state index in [9.17, 15) is 9.90 Å². The van der Waals surface area contributed by atoms with Gasteiger partial charge >= 0.3 is 0 Å². The molecule has 3 rings (SSSR count). The molecule has 0 bridgehead atoms. The summed E-state index contributed by atoms with van der Waals surface area (Å²) in [7, 11) is 5.02. The molecule has 5 nitrogen and oxygen atoms in total. The van der Waals surface area contributed by atoms with Crippen molar-refractivity contribution in [2.75, 3.05) is 21.2 Å². The van der Waals surface area contributed by atoms with Gasteiger partial charge in [-0.25, -0.2) is 0 Å². The lowest BCUT2D eigenvalue weighted by Gasteiger charge is -2.16. The van der Waals surface area contributed by atoms with E-state index < -0.39 is 0 Å². The van der Waals surface area contributed by atoms with Crippen molar-refractivity contribution in [3.8, 4) is 22.8 Å². The predicted molar refractivity (Wildman–Crippen MR) is 97.0 cm³/mol. The SMILES string of the molecule is COc1cc(-c2cc3cc(C(C)C(=O)N(C)C)ccc3o2)ccc1O. The number of aromatic hydroxyl groups is 1. The number of hydrogen-bond acceptors (Lipinski definition) is 4. The average molecular weight is 339 g/mol. The van der Waals surface area contributed by atoms with E-state index in [0.29, 0.717) is 11.5 Å². The molecular formula is C20H21NO4. The molecule has 1 N–H and O–H groups in total. The first kappa shape index (κ1) is 16.9. The van der Waals surface area contributed by atoms with Crippen LogP contribution in [0.1, 0.15) is 18.4 Å². The summed E-state index contributed by atoms with van der Waals surface area (Å²) in [5.74, 6) is 0.999. The van der Waals surface area contributed by atoms with Gasteiger partial charge in [0.05, 0.1) is 13.0 Å². The minimum Gasteiger partial charge on any atom is -0.504 e. The molecule has 0 radical (unpaired) electrons. The van der Waals surface area contributed by atoms with Crippen LogP contribution in [0.5, 0.6) is 11.5 Å². The number of carbonyl (C=O) groups is 1. The molecule has 0 aliphatic rings. The number of phenols is 1. The van der Waals surface area contributed by atoms with Gasteiger partial charge in [0.15, 0.2) is 11.5 Å². The zero-order valence-electron chi connectivity index (χ0n) is 14.7. The second-order valence-electron chi connectivity index (χ2n) is 6.25. The Balaban J connectivity index is 1.99. The summed E-state index contributed by atoms with van der Waals surface area (Å²) in [6.07, 6.45) is 0. The van der Waals surface area contributed by atoms with Gasteiger partial charge in [-0.2, -0.15) is 0 Å². The van der Waals surface area contributed by atoms with Gasteiger partial charge in [0.2, 0.25) is 5.91 Å². The maximum Gasteiger partial charge on any atom is 0.229 e. The molecule has 2 aromatic carbocycles. The van der Waals surface area contributed by atoms with Crippen molar-refractivity contribution < 1.29 is 19.1 Å². The molecule has 130 valence electrons. The largest absolute Gasteiger partial charge is 0.504 e. The zero-order valence-corrected chi connectivity index (χ0v) is 14.7. The number of carbonyl (C=O) groups excluding carboxylic acids is 1. The summed E-state index contributed by atoms with van der Waals surface area (Å²) in [4.78, 5) is 13.8. The minimum atomic E-state index is -0.216. The Morgan fingerprint density at radius 2 is 1.92 bits per heavy atom. The van der Waals surface area contributed by atoms with Crippen molar-refractivity contribution in [1.29, 1.82) is 0 Å². The Morgan fingerprint density at radius 3 is 2.60 bits per heavy atom. The number of phenolic OH excluding ortho intramolecular Hbond substituents is 1. The molecule has 1 amide bonds. The van der Waals surface area contributed by atoms with E-state index in [4.69, 9.17) is 9.15 Å². The van der Waals surface area contributed by atoms with Crippen molar-refractivity contribution >= 4 is 16.9 Å². The van der Waals surface area contributed by atoms with Crippen LogP contribution in [0, 0.1) is 0 Å². The van der Waals surface area contributed by atoms with E-state index in [2.05, 4.69) is 0 Å². The van der Waals surface area contributed by atoms with Gasteiger partial charge in [0, 0.05) is 25.0 Å². The van der Waals surface area contributed by atoms with Crippen molar-refractivity contribution in [2.45, 2.75) is 12.8 Å². The van der Waals surface area contributed by atoms with E-state index in [1.54, 1.807) is 37.2 Å². The third-order valence-corrected chi connectivity index (χ3v) is 4.32. The van der Waals surface area contributed by atoms with Crippen molar-refractivity contribution in [3.63, 3.8) is 0 Å². The van der Waals surface area contributed by atoms with Crippen LogP contribution in [0.15, 0.2) is 46.9 Å². The predicted octanol–water partition coefficient (Wildman–Crippen LogP) is 4.01. The fourth-order valence-electron chi connectivity index (χ4n) is 2.83. The second kappa shape index (κ2) is 6.51. The Labute approximate surface area is 146 Å². The first-order valence-electron chi connectivity index (χ1n) is 8.02. The van der Waals surface area contributed by atoms with E-state index in [0.717, 1.165) is 22.1 Å². The molecule has 25 heavy (non-hydrogen) atoms. The third kappa shape index (κ3) is 3.18. The Hall–Kier alpha value is -2.95. The number of fused-ring (bicyclic) bond motifs is 1. The molecule has 0 aliphatic heterocycles. The quantitative estimate of drug-likeness (QED) is 0.780. The van der Waals surface area contributed by atoms with Crippen molar-refractivity contribution in [3.05, 3.63) is 48.0 Å². The second-order valence-corrected chi connectivity index (χ2v) is 6.25. The van der Waals surface area contributed by atoms with Crippen LogP contribution >= 0.6 is 0 Å². The summed E-state index contributed by atoms with van der Waals surface area (Å²) in [6.45, 7) is 1.90. The number of rotatable bonds is 4. The fraction of sp³-hybridized carbons (Fsp3) is 0.250. The van der Waals surface area contributed by atoms with Crippen LogP contribution in [-0.4, -0.2) is 37.1 Å².